The molecular weight excluding hydrogens is 394 g/mol. The summed E-state index contributed by atoms with van der Waals surface area (Å²) in [6, 6.07) is 17.1. The third-order valence-corrected chi connectivity index (χ3v) is 5.41. The molecule has 1 aliphatic heterocycles. The lowest BCUT2D eigenvalue weighted by Crippen LogP contribution is -2.40. The number of rotatable bonds is 8. The highest BCUT2D eigenvalue weighted by molar-refractivity contribution is 5.94. The van der Waals surface area contributed by atoms with E-state index in [1.54, 1.807) is 6.07 Å². The monoisotopic (exact) mass is 421 g/mol. The van der Waals surface area contributed by atoms with Crippen molar-refractivity contribution in [1.82, 2.24) is 10.1 Å². The molecule has 7 nitrogen and oxygen atoms in total. The summed E-state index contributed by atoms with van der Waals surface area (Å²) < 4.78 is 16.6. The molecule has 1 amide bonds. The van der Waals surface area contributed by atoms with Crippen LogP contribution in [0.15, 0.2) is 59.1 Å². The molecule has 162 valence electrons. The second kappa shape index (κ2) is 9.66. The molecule has 0 saturated carbocycles. The molecule has 31 heavy (non-hydrogen) atoms. The van der Waals surface area contributed by atoms with Crippen molar-refractivity contribution in [3.05, 3.63) is 60.4 Å². The Kier molecular flexibility index (Phi) is 6.52. The molecule has 0 radical (unpaired) electrons. The highest BCUT2D eigenvalue weighted by Gasteiger charge is 2.19. The van der Waals surface area contributed by atoms with Gasteiger partial charge in [-0.3, -0.25) is 9.69 Å². The van der Waals surface area contributed by atoms with E-state index in [0.717, 1.165) is 36.4 Å². The number of ether oxygens (including phenoxy) is 2. The van der Waals surface area contributed by atoms with Crippen molar-refractivity contribution in [1.29, 1.82) is 0 Å². The average molecular weight is 421 g/mol. The molecule has 0 fully saturated rings. The van der Waals surface area contributed by atoms with Gasteiger partial charge in [0.25, 0.3) is 0 Å². The van der Waals surface area contributed by atoms with Crippen molar-refractivity contribution >= 4 is 11.6 Å². The normalized spacial score (nSPS) is 13.8. The Labute approximate surface area is 181 Å². The van der Waals surface area contributed by atoms with Crippen LogP contribution in [0.5, 0.6) is 11.5 Å². The summed E-state index contributed by atoms with van der Waals surface area (Å²) in [6.45, 7) is 3.72. The minimum Gasteiger partial charge on any atom is -0.486 e. The van der Waals surface area contributed by atoms with Crippen LogP contribution >= 0.6 is 0 Å². The minimum atomic E-state index is -0.275. The summed E-state index contributed by atoms with van der Waals surface area (Å²) in [5.74, 6) is 2.15. The number of benzene rings is 2. The van der Waals surface area contributed by atoms with Crippen LogP contribution < -0.4 is 14.8 Å². The third-order valence-electron chi connectivity index (χ3n) is 5.41. The van der Waals surface area contributed by atoms with E-state index >= 15 is 0 Å². The summed E-state index contributed by atoms with van der Waals surface area (Å²) in [4.78, 5) is 14.7. The molecule has 0 saturated heterocycles. The van der Waals surface area contributed by atoms with E-state index in [9.17, 15) is 4.79 Å². The Bertz CT molecular complexity index is 1020. The fraction of sp³-hybridized carbons (Fsp3) is 0.333. The number of carbonyl (C=O) groups is 1. The van der Waals surface area contributed by atoms with Crippen LogP contribution in [0.1, 0.15) is 19.1 Å². The number of aromatic nitrogens is 1. The van der Waals surface area contributed by atoms with Gasteiger partial charge in [-0.25, -0.2) is 0 Å². The molecule has 4 rings (SSSR count). The van der Waals surface area contributed by atoms with Gasteiger partial charge in [-0.2, -0.15) is 0 Å². The fourth-order valence-corrected chi connectivity index (χ4v) is 3.44. The lowest BCUT2D eigenvalue weighted by atomic mass is 10.1. The van der Waals surface area contributed by atoms with Crippen LogP contribution in [0.25, 0.3) is 11.3 Å². The predicted octanol–water partition coefficient (Wildman–Crippen LogP) is 4.00. The lowest BCUT2D eigenvalue weighted by Gasteiger charge is -2.24. The average Bonchev–Trinajstić information content (AvgIpc) is 3.28. The second-order valence-electron chi connectivity index (χ2n) is 7.65. The van der Waals surface area contributed by atoms with Gasteiger partial charge in [-0.05, 0) is 39.1 Å². The van der Waals surface area contributed by atoms with Gasteiger partial charge in [0.15, 0.2) is 11.5 Å². The topological polar surface area (TPSA) is 76.8 Å². The molecule has 1 N–H and O–H groups in total. The molecule has 2 heterocycles. The van der Waals surface area contributed by atoms with Crippen molar-refractivity contribution in [3.8, 4) is 22.8 Å². The summed E-state index contributed by atoms with van der Waals surface area (Å²) in [5.41, 5.74) is 2.58. The smallest absolute Gasteiger partial charge is 0.241 e. The number of carbonyl (C=O) groups excluding carboxylic acids is 1. The van der Waals surface area contributed by atoms with E-state index in [2.05, 4.69) is 10.5 Å². The minimum absolute atomic E-state index is 0.0646. The molecule has 0 aliphatic carbocycles. The number of hydrogen-bond donors (Lipinski definition) is 1. The number of nitrogens with zero attached hydrogens (tertiary/aromatic N) is 2. The van der Waals surface area contributed by atoms with Crippen LogP contribution in [0.4, 0.5) is 5.69 Å². The first-order valence-electron chi connectivity index (χ1n) is 10.5. The predicted molar refractivity (Wildman–Crippen MR) is 118 cm³/mol. The van der Waals surface area contributed by atoms with E-state index < -0.39 is 0 Å². The highest BCUT2D eigenvalue weighted by Crippen LogP contribution is 2.32. The number of likely N-dealkylation sites (N-methyl/N-ethyl adjacent to an activating group) is 1. The van der Waals surface area contributed by atoms with Crippen LogP contribution in [-0.2, 0) is 11.2 Å². The zero-order valence-corrected chi connectivity index (χ0v) is 17.8. The van der Waals surface area contributed by atoms with Gasteiger partial charge in [0.2, 0.25) is 5.91 Å². The summed E-state index contributed by atoms with van der Waals surface area (Å²) in [6.07, 6.45) is 1.63. The third kappa shape index (κ3) is 5.24. The number of amides is 1. The summed E-state index contributed by atoms with van der Waals surface area (Å²) in [5, 5.41) is 7.11. The van der Waals surface area contributed by atoms with Crippen LogP contribution in [0, 0.1) is 0 Å². The Morgan fingerprint density at radius 3 is 2.68 bits per heavy atom. The van der Waals surface area contributed by atoms with Gasteiger partial charge in [0.05, 0.1) is 6.04 Å². The maximum atomic E-state index is 12.7. The Morgan fingerprint density at radius 1 is 1.10 bits per heavy atom. The molecule has 2 aromatic carbocycles. The largest absolute Gasteiger partial charge is 0.486 e. The van der Waals surface area contributed by atoms with Crippen molar-refractivity contribution in [2.24, 2.45) is 0 Å². The van der Waals surface area contributed by atoms with Crippen LogP contribution in [0.2, 0.25) is 0 Å². The van der Waals surface area contributed by atoms with Crippen molar-refractivity contribution in [3.63, 3.8) is 0 Å². The standard InChI is InChI=1S/C24H27N3O4/c1-17(24(28)25-19-10-11-22-23(15-19)30-14-13-29-22)27(2)12-6-9-20-16-21(26-31-20)18-7-4-3-5-8-18/h3-5,7-8,10-11,15-17H,6,9,12-14H2,1-2H3,(H,25,28). The van der Waals surface area contributed by atoms with Gasteiger partial charge in [0.1, 0.15) is 24.7 Å². The number of anilines is 1. The van der Waals surface area contributed by atoms with Crippen LogP contribution in [0.3, 0.4) is 0 Å². The van der Waals surface area contributed by atoms with Gasteiger partial charge in [-0.15, -0.1) is 0 Å². The summed E-state index contributed by atoms with van der Waals surface area (Å²) >= 11 is 0. The zero-order chi connectivity index (χ0) is 21.6. The Balaban J connectivity index is 1.25. The molecule has 1 aliphatic rings. The SMILES string of the molecule is CC(C(=O)Nc1ccc2c(c1)OCCO2)N(C)CCCc1cc(-c2ccccc2)no1. The molecule has 3 aromatic rings. The number of hydrogen-bond acceptors (Lipinski definition) is 6. The molecule has 1 aromatic heterocycles. The highest BCUT2D eigenvalue weighted by atomic mass is 16.6. The molecule has 1 unspecified atom stereocenters. The quantitative estimate of drug-likeness (QED) is 0.592. The van der Waals surface area contributed by atoms with E-state index in [1.807, 2.05) is 67.4 Å². The molecule has 0 bridgehead atoms. The van der Waals surface area contributed by atoms with Crippen molar-refractivity contribution in [2.75, 3.05) is 32.1 Å². The molecule has 1 atom stereocenters. The Morgan fingerprint density at radius 2 is 1.87 bits per heavy atom. The number of fused-ring (bicyclic) bond motifs is 1. The van der Waals surface area contributed by atoms with Gasteiger partial charge < -0.3 is 19.3 Å². The first-order chi connectivity index (χ1) is 15.1. The maximum absolute atomic E-state index is 12.7. The van der Waals surface area contributed by atoms with Crippen LogP contribution in [-0.4, -0.2) is 48.8 Å². The molecule has 0 spiro atoms. The van der Waals surface area contributed by atoms with Gasteiger partial charge >= 0.3 is 0 Å². The maximum Gasteiger partial charge on any atom is 0.241 e. The Hall–Kier alpha value is -3.32. The van der Waals surface area contributed by atoms with E-state index in [4.69, 9.17) is 14.0 Å². The molecule has 7 heteroatoms. The van der Waals surface area contributed by atoms with E-state index in [-0.39, 0.29) is 11.9 Å². The van der Waals surface area contributed by atoms with Crippen molar-refractivity contribution in [2.45, 2.75) is 25.8 Å². The van der Waals surface area contributed by atoms with E-state index in [1.165, 1.54) is 0 Å². The number of aryl methyl sites for hydroxylation is 1. The first-order valence-corrected chi connectivity index (χ1v) is 10.5. The summed E-state index contributed by atoms with van der Waals surface area (Å²) in [7, 11) is 1.95. The molecular formula is C24H27N3O4. The second-order valence-corrected chi connectivity index (χ2v) is 7.65. The van der Waals surface area contributed by atoms with Crippen molar-refractivity contribution < 1.29 is 18.8 Å². The zero-order valence-electron chi connectivity index (χ0n) is 17.8. The van der Waals surface area contributed by atoms with Gasteiger partial charge in [-0.1, -0.05) is 35.5 Å². The first kappa shape index (κ1) is 20.9. The lowest BCUT2D eigenvalue weighted by molar-refractivity contribution is -0.120. The van der Waals surface area contributed by atoms with Gasteiger partial charge in [0, 0.05) is 29.8 Å². The fourth-order valence-electron chi connectivity index (χ4n) is 3.44. The van der Waals surface area contributed by atoms with E-state index in [0.29, 0.717) is 30.4 Å². The number of nitrogens with one attached hydrogen (secondary N) is 1.